The smallest absolute Gasteiger partial charge is 0.270 e. The van der Waals surface area contributed by atoms with E-state index in [0.29, 0.717) is 16.9 Å². The molecular weight excluding hydrogens is 254 g/mol. The number of fused-ring (bicyclic) bond motifs is 1. The molecule has 0 bridgehead atoms. The van der Waals surface area contributed by atoms with Crippen LogP contribution in [-0.4, -0.2) is 9.55 Å². The number of alkyl halides is 2. The zero-order valence-electron chi connectivity index (χ0n) is 7.34. The van der Waals surface area contributed by atoms with Gasteiger partial charge in [0.25, 0.3) is 0 Å². The van der Waals surface area contributed by atoms with E-state index < -0.39 is 6.55 Å². The topological polar surface area (TPSA) is 17.8 Å². The Kier molecular flexibility index (Phi) is 2.26. The van der Waals surface area contributed by atoms with Gasteiger partial charge < -0.3 is 0 Å². The Morgan fingerprint density at radius 2 is 2.14 bits per heavy atom. The largest absolute Gasteiger partial charge is 0.320 e. The van der Waals surface area contributed by atoms with Gasteiger partial charge in [0.1, 0.15) is 5.82 Å². The van der Waals surface area contributed by atoms with Gasteiger partial charge in [-0.1, -0.05) is 15.9 Å². The molecule has 0 aliphatic rings. The van der Waals surface area contributed by atoms with E-state index in [0.717, 1.165) is 9.04 Å². The van der Waals surface area contributed by atoms with Crippen LogP contribution in [0.4, 0.5) is 8.78 Å². The van der Waals surface area contributed by atoms with Crippen LogP contribution in [0.5, 0.6) is 0 Å². The molecule has 0 atom stereocenters. The maximum atomic E-state index is 12.6. The molecule has 1 heterocycles. The molecule has 0 spiro atoms. The van der Waals surface area contributed by atoms with Crippen molar-refractivity contribution in [2.45, 2.75) is 13.5 Å². The van der Waals surface area contributed by atoms with E-state index in [9.17, 15) is 8.78 Å². The molecule has 14 heavy (non-hydrogen) atoms. The molecule has 0 aliphatic heterocycles. The molecule has 0 N–H and O–H groups in total. The van der Waals surface area contributed by atoms with E-state index >= 15 is 0 Å². The molecule has 0 unspecified atom stereocenters. The second kappa shape index (κ2) is 3.31. The Hall–Kier alpha value is -0.970. The third kappa shape index (κ3) is 1.41. The van der Waals surface area contributed by atoms with E-state index in [1.165, 1.54) is 0 Å². The zero-order chi connectivity index (χ0) is 10.3. The van der Waals surface area contributed by atoms with Crippen LogP contribution in [-0.2, 0) is 0 Å². The van der Waals surface area contributed by atoms with Crippen molar-refractivity contribution in [1.29, 1.82) is 0 Å². The molecule has 1 aromatic heterocycles. The van der Waals surface area contributed by atoms with E-state index in [1.54, 1.807) is 25.1 Å². The molecule has 0 saturated carbocycles. The van der Waals surface area contributed by atoms with E-state index in [2.05, 4.69) is 20.9 Å². The maximum absolute atomic E-state index is 12.6. The lowest BCUT2D eigenvalue weighted by Gasteiger charge is -2.03. The minimum absolute atomic E-state index is 0.327. The Bertz CT molecular complexity index is 479. The summed E-state index contributed by atoms with van der Waals surface area (Å²) in [5.74, 6) is 0.327. The van der Waals surface area contributed by atoms with Crippen molar-refractivity contribution in [3.05, 3.63) is 28.5 Å². The third-order valence-corrected chi connectivity index (χ3v) is 2.52. The molecule has 0 radical (unpaired) electrons. The molecule has 1 aromatic carbocycles. The van der Waals surface area contributed by atoms with Crippen molar-refractivity contribution in [2.24, 2.45) is 0 Å². The summed E-state index contributed by atoms with van der Waals surface area (Å²) in [6.07, 6.45) is 0. The van der Waals surface area contributed by atoms with Gasteiger partial charge in [0.2, 0.25) is 0 Å². The number of rotatable bonds is 1. The number of nitrogens with zero attached hydrogens (tertiary/aromatic N) is 2. The van der Waals surface area contributed by atoms with E-state index in [4.69, 9.17) is 0 Å². The highest BCUT2D eigenvalue weighted by Gasteiger charge is 2.14. The van der Waals surface area contributed by atoms with Gasteiger partial charge in [-0.15, -0.1) is 0 Å². The van der Waals surface area contributed by atoms with Crippen molar-refractivity contribution in [1.82, 2.24) is 9.55 Å². The first-order chi connectivity index (χ1) is 6.59. The van der Waals surface area contributed by atoms with E-state index in [-0.39, 0.29) is 0 Å². The molecule has 74 valence electrons. The summed E-state index contributed by atoms with van der Waals surface area (Å²) in [4.78, 5) is 4.05. The monoisotopic (exact) mass is 260 g/mol. The molecule has 0 saturated heterocycles. The molecule has 0 aliphatic carbocycles. The van der Waals surface area contributed by atoms with Gasteiger partial charge in [0.05, 0.1) is 11.0 Å². The summed E-state index contributed by atoms with van der Waals surface area (Å²) >= 11 is 3.27. The van der Waals surface area contributed by atoms with Gasteiger partial charge in [-0.25, -0.2) is 4.98 Å². The Balaban J connectivity index is 2.77. The van der Waals surface area contributed by atoms with Crippen LogP contribution < -0.4 is 0 Å². The summed E-state index contributed by atoms with van der Waals surface area (Å²) in [5.41, 5.74) is 1.04. The zero-order valence-corrected chi connectivity index (χ0v) is 8.92. The average Bonchev–Trinajstić information content (AvgIpc) is 2.39. The van der Waals surface area contributed by atoms with Crippen molar-refractivity contribution in [3.8, 4) is 0 Å². The van der Waals surface area contributed by atoms with Crippen molar-refractivity contribution in [3.63, 3.8) is 0 Å². The van der Waals surface area contributed by atoms with Crippen molar-refractivity contribution in [2.75, 3.05) is 0 Å². The van der Waals surface area contributed by atoms with Crippen molar-refractivity contribution < 1.29 is 8.78 Å². The van der Waals surface area contributed by atoms with Crippen LogP contribution in [0.15, 0.2) is 22.7 Å². The minimum Gasteiger partial charge on any atom is -0.270 e. The van der Waals surface area contributed by atoms with Crippen LogP contribution in [0.3, 0.4) is 0 Å². The van der Waals surface area contributed by atoms with Crippen LogP contribution in [0, 0.1) is 6.92 Å². The number of hydrogen-bond donors (Lipinski definition) is 0. The highest BCUT2D eigenvalue weighted by molar-refractivity contribution is 9.10. The van der Waals surface area contributed by atoms with Crippen molar-refractivity contribution >= 4 is 27.0 Å². The number of hydrogen-bond acceptors (Lipinski definition) is 1. The molecule has 0 amide bonds. The Labute approximate surface area is 87.7 Å². The predicted molar refractivity (Wildman–Crippen MR) is 53.4 cm³/mol. The number of aryl methyl sites for hydroxylation is 1. The van der Waals surface area contributed by atoms with Gasteiger partial charge in [-0.3, -0.25) is 4.57 Å². The number of imidazole rings is 1. The summed E-state index contributed by atoms with van der Waals surface area (Å²) in [6.45, 7) is -0.971. The lowest BCUT2D eigenvalue weighted by Crippen LogP contribution is -1.99. The molecule has 5 heteroatoms. The molecule has 0 fully saturated rings. The molecule has 2 nitrogen and oxygen atoms in total. The maximum Gasteiger partial charge on any atom is 0.320 e. The Morgan fingerprint density at radius 3 is 2.79 bits per heavy atom. The quantitative estimate of drug-likeness (QED) is 0.768. The van der Waals surface area contributed by atoms with Gasteiger partial charge in [0.15, 0.2) is 0 Å². The summed E-state index contributed by atoms with van der Waals surface area (Å²) in [6, 6.07) is 5.08. The number of halogens is 3. The molecule has 2 aromatic rings. The SMILES string of the molecule is Cc1nc2cc(Br)ccc2n1C(F)F. The van der Waals surface area contributed by atoms with E-state index in [1.807, 2.05) is 0 Å². The first kappa shape index (κ1) is 9.58. The third-order valence-electron chi connectivity index (χ3n) is 2.02. The lowest BCUT2D eigenvalue weighted by atomic mass is 10.3. The number of aromatic nitrogens is 2. The minimum atomic E-state index is -2.54. The van der Waals surface area contributed by atoms with Crippen LogP contribution in [0.2, 0.25) is 0 Å². The van der Waals surface area contributed by atoms with Gasteiger partial charge in [0, 0.05) is 4.47 Å². The molecular formula is C9H7BrF2N2. The first-order valence-electron chi connectivity index (χ1n) is 4.02. The Morgan fingerprint density at radius 1 is 1.43 bits per heavy atom. The highest BCUT2D eigenvalue weighted by Crippen LogP contribution is 2.24. The summed E-state index contributed by atoms with van der Waals surface area (Å²) in [7, 11) is 0. The lowest BCUT2D eigenvalue weighted by molar-refractivity contribution is 0.0724. The van der Waals surface area contributed by atoms with Gasteiger partial charge in [-0.05, 0) is 25.1 Å². The standard InChI is InChI=1S/C9H7BrF2N2/c1-5-13-7-4-6(10)2-3-8(7)14(5)9(11)12/h2-4,9H,1H3. The van der Waals surface area contributed by atoms with Gasteiger partial charge >= 0.3 is 6.55 Å². The van der Waals surface area contributed by atoms with Gasteiger partial charge in [-0.2, -0.15) is 8.78 Å². The number of benzene rings is 1. The second-order valence-electron chi connectivity index (χ2n) is 2.94. The summed E-state index contributed by atoms with van der Waals surface area (Å²) in [5, 5.41) is 0. The summed E-state index contributed by atoms with van der Waals surface area (Å²) < 4.78 is 27.0. The average molecular weight is 261 g/mol. The second-order valence-corrected chi connectivity index (χ2v) is 3.86. The fraction of sp³-hybridized carbons (Fsp3) is 0.222. The normalized spacial score (nSPS) is 11.5. The highest BCUT2D eigenvalue weighted by atomic mass is 79.9. The fourth-order valence-corrected chi connectivity index (χ4v) is 1.79. The van der Waals surface area contributed by atoms with Crippen LogP contribution in [0.25, 0.3) is 11.0 Å². The van der Waals surface area contributed by atoms with Crippen LogP contribution in [0.1, 0.15) is 12.4 Å². The predicted octanol–water partition coefficient (Wildman–Crippen LogP) is 3.50. The fourth-order valence-electron chi connectivity index (χ4n) is 1.44. The first-order valence-corrected chi connectivity index (χ1v) is 4.81. The van der Waals surface area contributed by atoms with Crippen LogP contribution >= 0.6 is 15.9 Å². The molecule has 2 rings (SSSR count).